The summed E-state index contributed by atoms with van der Waals surface area (Å²) in [6.07, 6.45) is 1.90. The van der Waals surface area contributed by atoms with Gasteiger partial charge < -0.3 is 9.13 Å². The standard InChI is InChI=1S/C47H32N6/c1-47(2)35-28-31(46-50-44(29-14-5-3-6-15-29)49-45(51-46)30-16-7-4-8-17-30)23-25-38(35)53-40-22-13-27-48-42(40)34-24-26-39(41(47)43(34)53)52-36-20-11-9-18-32(36)33-19-10-12-21-37(33)52/h3-28H,1-2H3. The van der Waals surface area contributed by atoms with Gasteiger partial charge in [-0.3, -0.25) is 4.98 Å². The molecule has 0 spiro atoms. The van der Waals surface area contributed by atoms with Crippen molar-refractivity contribution in [2.24, 2.45) is 0 Å². The first-order valence-corrected chi connectivity index (χ1v) is 18.0. The minimum Gasteiger partial charge on any atom is -0.309 e. The normalized spacial score (nSPS) is 13.2. The number of fused-ring (bicyclic) bond motifs is 8. The topological polar surface area (TPSA) is 61.4 Å². The molecule has 10 aromatic rings. The van der Waals surface area contributed by atoms with E-state index in [4.69, 9.17) is 19.9 Å². The third-order valence-corrected chi connectivity index (χ3v) is 11.0. The van der Waals surface area contributed by atoms with Crippen LogP contribution in [0.5, 0.6) is 0 Å². The number of benzene rings is 6. The van der Waals surface area contributed by atoms with E-state index in [0.717, 1.165) is 44.5 Å². The molecule has 0 aliphatic carbocycles. The lowest BCUT2D eigenvalue weighted by atomic mass is 9.73. The van der Waals surface area contributed by atoms with Crippen LogP contribution in [0.4, 0.5) is 0 Å². The summed E-state index contributed by atoms with van der Waals surface area (Å²) in [5.74, 6) is 1.94. The Morgan fingerprint density at radius 3 is 1.64 bits per heavy atom. The van der Waals surface area contributed by atoms with Crippen LogP contribution in [0.25, 0.3) is 89.3 Å². The number of aromatic nitrogens is 6. The third-order valence-electron chi connectivity index (χ3n) is 11.0. The molecule has 6 nitrogen and oxygen atoms in total. The number of hydrogen-bond acceptors (Lipinski definition) is 4. The van der Waals surface area contributed by atoms with Crippen molar-refractivity contribution in [2.75, 3.05) is 0 Å². The zero-order chi connectivity index (χ0) is 35.3. The molecule has 0 atom stereocenters. The van der Waals surface area contributed by atoms with Crippen molar-refractivity contribution >= 4 is 43.7 Å². The molecule has 6 aromatic carbocycles. The molecule has 0 saturated heterocycles. The lowest BCUT2D eigenvalue weighted by Gasteiger charge is -2.37. The number of para-hydroxylation sites is 2. The molecule has 1 aliphatic rings. The molecule has 0 unspecified atom stereocenters. The molecule has 4 aromatic heterocycles. The molecular formula is C47H32N6. The lowest BCUT2D eigenvalue weighted by Crippen LogP contribution is -2.28. The van der Waals surface area contributed by atoms with Gasteiger partial charge in [-0.2, -0.15) is 0 Å². The van der Waals surface area contributed by atoms with E-state index in [1.807, 2.05) is 72.9 Å². The first-order valence-electron chi connectivity index (χ1n) is 18.0. The Balaban J connectivity index is 1.20. The minimum absolute atomic E-state index is 0.422. The van der Waals surface area contributed by atoms with Crippen molar-refractivity contribution in [3.63, 3.8) is 0 Å². The van der Waals surface area contributed by atoms with Gasteiger partial charge >= 0.3 is 0 Å². The van der Waals surface area contributed by atoms with Crippen molar-refractivity contribution in [2.45, 2.75) is 19.3 Å². The fourth-order valence-electron chi connectivity index (χ4n) is 8.59. The van der Waals surface area contributed by atoms with Crippen LogP contribution in [0.1, 0.15) is 25.0 Å². The quantitative estimate of drug-likeness (QED) is 0.186. The Morgan fingerprint density at radius 2 is 1.00 bits per heavy atom. The molecule has 0 fully saturated rings. The summed E-state index contributed by atoms with van der Waals surface area (Å²) in [7, 11) is 0. The number of nitrogens with zero attached hydrogens (tertiary/aromatic N) is 6. The van der Waals surface area contributed by atoms with Gasteiger partial charge in [-0.25, -0.2) is 15.0 Å². The van der Waals surface area contributed by atoms with Gasteiger partial charge in [-0.15, -0.1) is 0 Å². The zero-order valence-corrected chi connectivity index (χ0v) is 29.2. The van der Waals surface area contributed by atoms with E-state index in [0.29, 0.717) is 17.5 Å². The molecule has 0 bridgehead atoms. The smallest absolute Gasteiger partial charge is 0.164 e. The second-order valence-electron chi connectivity index (χ2n) is 14.3. The zero-order valence-electron chi connectivity index (χ0n) is 29.2. The predicted molar refractivity (Wildman–Crippen MR) is 215 cm³/mol. The molecule has 0 N–H and O–H groups in total. The summed E-state index contributed by atoms with van der Waals surface area (Å²) < 4.78 is 4.88. The molecule has 250 valence electrons. The summed E-state index contributed by atoms with van der Waals surface area (Å²) in [6, 6.07) is 53.2. The maximum Gasteiger partial charge on any atom is 0.164 e. The van der Waals surface area contributed by atoms with Gasteiger partial charge in [0.05, 0.1) is 39.0 Å². The molecule has 6 heteroatoms. The highest BCUT2D eigenvalue weighted by Gasteiger charge is 2.38. The first kappa shape index (κ1) is 29.8. The summed E-state index contributed by atoms with van der Waals surface area (Å²) in [6.45, 7) is 4.71. The monoisotopic (exact) mass is 680 g/mol. The lowest BCUT2D eigenvalue weighted by molar-refractivity contribution is 0.627. The van der Waals surface area contributed by atoms with Gasteiger partial charge in [-0.1, -0.05) is 111 Å². The number of rotatable bonds is 4. The average molecular weight is 681 g/mol. The fourth-order valence-corrected chi connectivity index (χ4v) is 8.59. The SMILES string of the molecule is CC1(C)c2cc(-c3nc(-c4ccccc4)nc(-c4ccccc4)n3)ccc2-n2c3cccnc3c3ccc(-n4c5ccccc5c5ccccc54)c1c32. The second-order valence-corrected chi connectivity index (χ2v) is 14.3. The van der Waals surface area contributed by atoms with Crippen molar-refractivity contribution < 1.29 is 0 Å². The van der Waals surface area contributed by atoms with E-state index in [-0.39, 0.29) is 0 Å². The van der Waals surface area contributed by atoms with Crippen molar-refractivity contribution in [1.29, 1.82) is 0 Å². The molecule has 53 heavy (non-hydrogen) atoms. The largest absolute Gasteiger partial charge is 0.309 e. The summed E-state index contributed by atoms with van der Waals surface area (Å²) in [5, 5.41) is 3.64. The van der Waals surface area contributed by atoms with Crippen LogP contribution >= 0.6 is 0 Å². The molecule has 11 rings (SSSR count). The Kier molecular flexibility index (Phi) is 6.20. The highest BCUT2D eigenvalue weighted by molar-refractivity contribution is 6.13. The fraction of sp³-hybridized carbons (Fsp3) is 0.0638. The molecule has 5 heterocycles. The van der Waals surface area contributed by atoms with Gasteiger partial charge in [-0.05, 0) is 60.2 Å². The van der Waals surface area contributed by atoms with Gasteiger partial charge in [0, 0.05) is 50.0 Å². The van der Waals surface area contributed by atoms with Crippen LogP contribution in [0.3, 0.4) is 0 Å². The molecule has 1 aliphatic heterocycles. The van der Waals surface area contributed by atoms with Gasteiger partial charge in [0.2, 0.25) is 0 Å². The van der Waals surface area contributed by atoms with Gasteiger partial charge in [0.1, 0.15) is 0 Å². The van der Waals surface area contributed by atoms with E-state index in [9.17, 15) is 0 Å². The maximum absolute atomic E-state index is 5.10. The highest BCUT2D eigenvalue weighted by Crippen LogP contribution is 2.51. The van der Waals surface area contributed by atoms with Crippen LogP contribution in [0.2, 0.25) is 0 Å². The van der Waals surface area contributed by atoms with Crippen LogP contribution in [0.15, 0.2) is 158 Å². The third kappa shape index (κ3) is 4.26. The maximum atomic E-state index is 5.10. The van der Waals surface area contributed by atoms with Crippen molar-refractivity contribution in [1.82, 2.24) is 29.1 Å². The predicted octanol–water partition coefficient (Wildman–Crippen LogP) is 11.1. The summed E-state index contributed by atoms with van der Waals surface area (Å²) in [4.78, 5) is 20.1. The van der Waals surface area contributed by atoms with Crippen LogP contribution in [-0.4, -0.2) is 29.1 Å². The second kappa shape index (κ2) is 11.0. The van der Waals surface area contributed by atoms with Crippen LogP contribution < -0.4 is 0 Å². The molecular weight excluding hydrogens is 649 g/mol. The highest BCUT2D eigenvalue weighted by atomic mass is 15.1. The Bertz CT molecular complexity index is 2970. The van der Waals surface area contributed by atoms with Crippen molar-refractivity contribution in [3.8, 4) is 45.5 Å². The Hall–Kier alpha value is -6.92. The Labute approximate surface area is 305 Å². The van der Waals surface area contributed by atoms with E-state index in [1.165, 1.54) is 38.4 Å². The molecule has 0 radical (unpaired) electrons. The van der Waals surface area contributed by atoms with E-state index >= 15 is 0 Å². The van der Waals surface area contributed by atoms with Crippen LogP contribution in [0, 0.1) is 0 Å². The van der Waals surface area contributed by atoms with E-state index in [2.05, 4.69) is 108 Å². The van der Waals surface area contributed by atoms with E-state index < -0.39 is 5.41 Å². The van der Waals surface area contributed by atoms with Crippen molar-refractivity contribution in [3.05, 3.63) is 169 Å². The minimum atomic E-state index is -0.422. The average Bonchev–Trinajstić information content (AvgIpc) is 3.73. The molecule has 0 amide bonds. The first-order chi connectivity index (χ1) is 26.1. The van der Waals surface area contributed by atoms with E-state index in [1.54, 1.807) is 0 Å². The summed E-state index contributed by atoms with van der Waals surface area (Å²) >= 11 is 0. The van der Waals surface area contributed by atoms with Gasteiger partial charge in [0.25, 0.3) is 0 Å². The van der Waals surface area contributed by atoms with Crippen LogP contribution in [-0.2, 0) is 5.41 Å². The number of hydrogen-bond donors (Lipinski definition) is 0. The Morgan fingerprint density at radius 1 is 0.453 bits per heavy atom. The number of pyridine rings is 1. The molecule has 0 saturated carbocycles. The van der Waals surface area contributed by atoms with Gasteiger partial charge in [0.15, 0.2) is 17.5 Å². The summed E-state index contributed by atoms with van der Waals surface area (Å²) in [5.41, 5.74) is 12.8.